The maximum Gasteiger partial charge on any atom is 0.111 e. The van der Waals surface area contributed by atoms with Gasteiger partial charge in [0.15, 0.2) is 0 Å². The molecule has 13 heavy (non-hydrogen) atoms. The molecule has 1 rings (SSSR count). The number of rotatable bonds is 4. The monoisotopic (exact) mass is 183 g/mol. The average Bonchev–Trinajstić information content (AvgIpc) is 2.52. The van der Waals surface area contributed by atoms with Gasteiger partial charge in [0.2, 0.25) is 0 Å². The Hall–Kier alpha value is -0.870. The molecule has 4 nitrogen and oxygen atoms in total. The molecule has 0 aromatic carbocycles. The summed E-state index contributed by atoms with van der Waals surface area (Å²) in [6.45, 7) is 4.97. The van der Waals surface area contributed by atoms with Gasteiger partial charge in [-0.25, -0.2) is 4.98 Å². The van der Waals surface area contributed by atoms with Crippen LogP contribution in [0.5, 0.6) is 0 Å². The van der Waals surface area contributed by atoms with Crippen molar-refractivity contribution in [1.82, 2.24) is 9.55 Å². The van der Waals surface area contributed by atoms with Crippen molar-refractivity contribution in [3.8, 4) is 0 Å². The minimum absolute atomic E-state index is 0.287. The maximum atomic E-state index is 9.36. The van der Waals surface area contributed by atoms with E-state index in [1.807, 2.05) is 10.8 Å². The minimum Gasteiger partial charge on any atom is -0.390 e. The first-order chi connectivity index (χ1) is 6.15. The Labute approximate surface area is 78.4 Å². The molecule has 0 aliphatic rings. The van der Waals surface area contributed by atoms with Crippen LogP contribution >= 0.6 is 0 Å². The van der Waals surface area contributed by atoms with Crippen molar-refractivity contribution in [2.75, 3.05) is 6.54 Å². The highest BCUT2D eigenvalue weighted by Gasteiger charge is 2.09. The summed E-state index contributed by atoms with van der Waals surface area (Å²) in [5, 5.41) is 9.36. The van der Waals surface area contributed by atoms with Gasteiger partial charge in [0.05, 0.1) is 12.6 Å². The molecule has 0 saturated carbocycles. The van der Waals surface area contributed by atoms with E-state index in [-0.39, 0.29) is 6.54 Å². The lowest BCUT2D eigenvalue weighted by atomic mass is 10.2. The zero-order valence-corrected chi connectivity index (χ0v) is 8.14. The summed E-state index contributed by atoms with van der Waals surface area (Å²) in [6, 6.07) is 0. The molecular weight excluding hydrogens is 166 g/mol. The van der Waals surface area contributed by atoms with Crippen LogP contribution in [0.2, 0.25) is 0 Å². The third-order valence-electron chi connectivity index (χ3n) is 1.94. The maximum absolute atomic E-state index is 9.36. The van der Waals surface area contributed by atoms with Crippen molar-refractivity contribution < 1.29 is 5.11 Å². The SMILES string of the molecule is CC(C)c1nccn1C[C@@H](O)CN. The van der Waals surface area contributed by atoms with E-state index in [2.05, 4.69) is 18.8 Å². The molecule has 0 bridgehead atoms. The van der Waals surface area contributed by atoms with Crippen molar-refractivity contribution >= 4 is 0 Å². The molecule has 0 spiro atoms. The highest BCUT2D eigenvalue weighted by Crippen LogP contribution is 2.11. The number of aliphatic hydroxyl groups excluding tert-OH is 1. The Morgan fingerprint density at radius 3 is 2.85 bits per heavy atom. The van der Waals surface area contributed by atoms with Gasteiger partial charge in [-0.2, -0.15) is 0 Å². The minimum atomic E-state index is -0.480. The van der Waals surface area contributed by atoms with Crippen LogP contribution in [0.1, 0.15) is 25.6 Å². The van der Waals surface area contributed by atoms with E-state index >= 15 is 0 Å². The molecule has 3 N–H and O–H groups in total. The molecule has 0 fully saturated rings. The van der Waals surface area contributed by atoms with E-state index in [1.165, 1.54) is 0 Å². The Bertz CT molecular complexity index is 257. The van der Waals surface area contributed by atoms with Crippen LogP contribution in [-0.2, 0) is 6.54 Å². The summed E-state index contributed by atoms with van der Waals surface area (Å²) < 4.78 is 1.95. The van der Waals surface area contributed by atoms with E-state index in [1.54, 1.807) is 6.20 Å². The van der Waals surface area contributed by atoms with Crippen molar-refractivity contribution in [3.05, 3.63) is 18.2 Å². The fourth-order valence-electron chi connectivity index (χ4n) is 1.28. The molecule has 1 atom stereocenters. The van der Waals surface area contributed by atoms with Gasteiger partial charge in [0.25, 0.3) is 0 Å². The van der Waals surface area contributed by atoms with Crippen LogP contribution in [0.15, 0.2) is 12.4 Å². The molecule has 0 aliphatic carbocycles. The summed E-state index contributed by atoms with van der Waals surface area (Å²) in [5.41, 5.74) is 5.33. The van der Waals surface area contributed by atoms with Gasteiger partial charge in [-0.15, -0.1) is 0 Å². The fourth-order valence-corrected chi connectivity index (χ4v) is 1.28. The van der Waals surface area contributed by atoms with E-state index in [4.69, 9.17) is 5.73 Å². The second-order valence-electron chi connectivity index (χ2n) is 3.48. The Morgan fingerprint density at radius 1 is 1.62 bits per heavy atom. The quantitative estimate of drug-likeness (QED) is 0.707. The first-order valence-corrected chi connectivity index (χ1v) is 4.54. The van der Waals surface area contributed by atoms with Crippen LogP contribution < -0.4 is 5.73 Å². The number of hydrogen-bond donors (Lipinski definition) is 2. The van der Waals surface area contributed by atoms with E-state index in [0.29, 0.717) is 12.5 Å². The highest BCUT2D eigenvalue weighted by molar-refractivity contribution is 4.97. The third-order valence-corrected chi connectivity index (χ3v) is 1.94. The molecule has 0 unspecified atom stereocenters. The van der Waals surface area contributed by atoms with E-state index in [0.717, 1.165) is 5.82 Å². The molecule has 0 aliphatic heterocycles. The Kier molecular flexibility index (Phi) is 3.45. The van der Waals surface area contributed by atoms with Gasteiger partial charge in [-0.3, -0.25) is 0 Å². The number of nitrogens with two attached hydrogens (primary N) is 1. The standard InChI is InChI=1S/C9H17N3O/c1-7(2)9-11-3-4-12(9)6-8(13)5-10/h3-4,7-8,13H,5-6,10H2,1-2H3/t8-/m0/s1. The van der Waals surface area contributed by atoms with E-state index < -0.39 is 6.10 Å². The van der Waals surface area contributed by atoms with Gasteiger partial charge in [0, 0.05) is 24.9 Å². The normalized spacial score (nSPS) is 13.6. The number of aromatic nitrogens is 2. The van der Waals surface area contributed by atoms with Crippen LogP contribution in [0.4, 0.5) is 0 Å². The second-order valence-corrected chi connectivity index (χ2v) is 3.48. The average molecular weight is 183 g/mol. The summed E-state index contributed by atoms with van der Waals surface area (Å²) in [6.07, 6.45) is 3.14. The predicted octanol–water partition coefficient (Wildman–Crippen LogP) is 0.326. The number of hydrogen-bond acceptors (Lipinski definition) is 3. The largest absolute Gasteiger partial charge is 0.390 e. The smallest absolute Gasteiger partial charge is 0.111 e. The third kappa shape index (κ3) is 2.54. The zero-order chi connectivity index (χ0) is 9.84. The van der Waals surface area contributed by atoms with Gasteiger partial charge in [-0.1, -0.05) is 13.8 Å². The number of aliphatic hydroxyl groups is 1. The molecule has 0 amide bonds. The Morgan fingerprint density at radius 2 is 2.31 bits per heavy atom. The number of nitrogens with zero attached hydrogens (tertiary/aromatic N) is 2. The predicted molar refractivity (Wildman–Crippen MR) is 51.4 cm³/mol. The first-order valence-electron chi connectivity index (χ1n) is 4.54. The molecule has 1 heterocycles. The van der Waals surface area contributed by atoms with Crippen LogP contribution in [-0.4, -0.2) is 27.3 Å². The molecule has 1 aromatic heterocycles. The van der Waals surface area contributed by atoms with Crippen LogP contribution in [0, 0.1) is 0 Å². The van der Waals surface area contributed by atoms with Gasteiger partial charge < -0.3 is 15.4 Å². The highest BCUT2D eigenvalue weighted by atomic mass is 16.3. The number of imidazole rings is 1. The molecule has 0 radical (unpaired) electrons. The summed E-state index contributed by atoms with van der Waals surface area (Å²) in [4.78, 5) is 4.21. The van der Waals surface area contributed by atoms with Crippen LogP contribution in [0.25, 0.3) is 0 Å². The lowest BCUT2D eigenvalue weighted by Gasteiger charge is -2.13. The van der Waals surface area contributed by atoms with Crippen LogP contribution in [0.3, 0.4) is 0 Å². The fraction of sp³-hybridized carbons (Fsp3) is 0.667. The van der Waals surface area contributed by atoms with Gasteiger partial charge >= 0.3 is 0 Å². The zero-order valence-electron chi connectivity index (χ0n) is 8.14. The molecule has 0 saturated heterocycles. The van der Waals surface area contributed by atoms with Crippen molar-refractivity contribution in [1.29, 1.82) is 0 Å². The van der Waals surface area contributed by atoms with Gasteiger partial charge in [-0.05, 0) is 0 Å². The lowest BCUT2D eigenvalue weighted by Crippen LogP contribution is -2.25. The Balaban J connectivity index is 2.70. The van der Waals surface area contributed by atoms with Gasteiger partial charge in [0.1, 0.15) is 5.82 Å². The van der Waals surface area contributed by atoms with Crippen molar-refractivity contribution in [3.63, 3.8) is 0 Å². The lowest BCUT2D eigenvalue weighted by molar-refractivity contribution is 0.160. The van der Waals surface area contributed by atoms with Crippen molar-refractivity contribution in [2.24, 2.45) is 5.73 Å². The molecule has 1 aromatic rings. The molecule has 74 valence electrons. The summed E-state index contributed by atoms with van der Waals surface area (Å²) >= 11 is 0. The topological polar surface area (TPSA) is 64.1 Å². The second kappa shape index (κ2) is 4.39. The first kappa shape index (κ1) is 10.2. The summed E-state index contributed by atoms with van der Waals surface area (Å²) in [5.74, 6) is 1.37. The van der Waals surface area contributed by atoms with Crippen molar-refractivity contribution in [2.45, 2.75) is 32.4 Å². The molecular formula is C9H17N3O. The summed E-state index contributed by atoms with van der Waals surface area (Å²) in [7, 11) is 0. The molecule has 4 heteroatoms. The van der Waals surface area contributed by atoms with E-state index in [9.17, 15) is 5.11 Å².